The van der Waals surface area contributed by atoms with E-state index in [1.165, 1.54) is 11.3 Å². The molecule has 0 aliphatic carbocycles. The number of nitrogens with zero attached hydrogens (tertiary/aromatic N) is 2. The maximum Gasteiger partial charge on any atom is 0.186 e. The van der Waals surface area contributed by atoms with Crippen LogP contribution in [0, 0.1) is 5.92 Å². The van der Waals surface area contributed by atoms with Gasteiger partial charge in [0.1, 0.15) is 0 Å². The number of carbonyl (C=O) groups excluding carboxylic acids is 1. The van der Waals surface area contributed by atoms with Crippen molar-refractivity contribution in [1.29, 1.82) is 0 Å². The van der Waals surface area contributed by atoms with Crippen LogP contribution in [-0.2, 0) is 11.3 Å². The molecule has 4 nitrogen and oxygen atoms in total. The summed E-state index contributed by atoms with van der Waals surface area (Å²) in [5.74, 6) is 0.645. The van der Waals surface area contributed by atoms with E-state index in [1.807, 2.05) is 7.05 Å². The summed E-state index contributed by atoms with van der Waals surface area (Å²) in [6.45, 7) is 6.98. The van der Waals surface area contributed by atoms with Gasteiger partial charge in [-0.3, -0.25) is 4.79 Å². The third-order valence-electron chi connectivity index (χ3n) is 2.88. The van der Waals surface area contributed by atoms with Gasteiger partial charge < -0.3 is 9.64 Å². The van der Waals surface area contributed by atoms with Crippen LogP contribution in [0.5, 0.6) is 0 Å². The van der Waals surface area contributed by atoms with Crippen LogP contribution in [0.3, 0.4) is 0 Å². The molecule has 0 bridgehead atoms. The molecule has 1 aromatic heterocycles. The van der Waals surface area contributed by atoms with Crippen molar-refractivity contribution in [2.45, 2.75) is 39.8 Å². The van der Waals surface area contributed by atoms with E-state index >= 15 is 0 Å². The molecule has 1 heterocycles. The minimum absolute atomic E-state index is 0.386. The zero-order chi connectivity index (χ0) is 13.7. The van der Waals surface area contributed by atoms with Gasteiger partial charge in [-0.05, 0) is 19.3 Å². The summed E-state index contributed by atoms with van der Waals surface area (Å²) >= 11 is 1.43. The number of aromatic nitrogens is 1. The molecule has 0 radical (unpaired) electrons. The van der Waals surface area contributed by atoms with E-state index in [1.54, 1.807) is 7.11 Å². The second-order valence-corrected chi connectivity index (χ2v) is 5.96. The maximum absolute atomic E-state index is 11.0. The number of methoxy groups -OCH3 is 1. The van der Waals surface area contributed by atoms with Crippen molar-refractivity contribution in [2.24, 2.45) is 5.92 Å². The quantitative estimate of drug-likeness (QED) is 0.714. The molecular formula is C13H22N2O2S. The van der Waals surface area contributed by atoms with Crippen LogP contribution in [-0.4, -0.2) is 31.5 Å². The van der Waals surface area contributed by atoms with Crippen molar-refractivity contribution in [3.05, 3.63) is 10.6 Å². The van der Waals surface area contributed by atoms with Crippen LogP contribution in [0.4, 0.5) is 5.13 Å². The van der Waals surface area contributed by atoms with E-state index < -0.39 is 0 Å². The molecule has 0 aliphatic heterocycles. The number of ether oxygens (including phenoxy) is 1. The molecule has 1 atom stereocenters. The highest BCUT2D eigenvalue weighted by Crippen LogP contribution is 2.27. The topological polar surface area (TPSA) is 42.4 Å². The Hall–Kier alpha value is -0.940. The Kier molecular flexibility index (Phi) is 5.75. The van der Waals surface area contributed by atoms with Crippen LogP contribution in [0.2, 0.25) is 0 Å². The molecule has 18 heavy (non-hydrogen) atoms. The van der Waals surface area contributed by atoms with Crippen molar-refractivity contribution < 1.29 is 9.53 Å². The zero-order valence-electron chi connectivity index (χ0n) is 11.8. The van der Waals surface area contributed by atoms with Crippen molar-refractivity contribution in [3.63, 3.8) is 0 Å². The molecule has 1 rings (SSSR count). The summed E-state index contributed by atoms with van der Waals surface area (Å²) in [7, 11) is 3.63. The van der Waals surface area contributed by atoms with Crippen LogP contribution in [0.15, 0.2) is 0 Å². The van der Waals surface area contributed by atoms with E-state index in [9.17, 15) is 4.79 Å². The molecule has 0 saturated heterocycles. The Morgan fingerprint density at radius 3 is 2.61 bits per heavy atom. The second kappa shape index (κ2) is 6.85. The van der Waals surface area contributed by atoms with Crippen molar-refractivity contribution >= 4 is 22.8 Å². The molecule has 5 heteroatoms. The first-order valence-corrected chi connectivity index (χ1v) is 6.97. The average Bonchev–Trinajstić information content (AvgIpc) is 2.70. The number of thiazole rings is 1. The third kappa shape index (κ3) is 3.78. The summed E-state index contributed by atoms with van der Waals surface area (Å²) in [5, 5.41) is 0.886. The third-order valence-corrected chi connectivity index (χ3v) is 3.99. The van der Waals surface area contributed by atoms with E-state index in [4.69, 9.17) is 4.74 Å². The Morgan fingerprint density at radius 1 is 1.44 bits per heavy atom. The largest absolute Gasteiger partial charge is 0.378 e. The lowest BCUT2D eigenvalue weighted by Gasteiger charge is -2.25. The number of hydrogen-bond acceptors (Lipinski definition) is 5. The summed E-state index contributed by atoms with van der Waals surface area (Å²) in [6.07, 6.45) is 1.96. The lowest BCUT2D eigenvalue weighted by molar-refractivity contribution is 0.112. The van der Waals surface area contributed by atoms with Crippen molar-refractivity contribution in [1.82, 2.24) is 4.98 Å². The number of hydrogen-bond donors (Lipinski definition) is 0. The summed E-state index contributed by atoms with van der Waals surface area (Å²) < 4.78 is 5.06. The highest BCUT2D eigenvalue weighted by Gasteiger charge is 2.18. The second-order valence-electron chi connectivity index (χ2n) is 4.95. The molecule has 1 aromatic rings. The molecular weight excluding hydrogens is 248 g/mol. The van der Waals surface area contributed by atoms with Crippen LogP contribution in [0.1, 0.15) is 42.6 Å². The van der Waals surface area contributed by atoms with Gasteiger partial charge in [0, 0.05) is 20.2 Å². The average molecular weight is 270 g/mol. The van der Waals surface area contributed by atoms with Gasteiger partial charge in [-0.15, -0.1) is 0 Å². The standard InChI is InChI=1S/C13H22N2O2S/c1-9(2)6-10(3)15(4)13-14-11(8-17-5)12(7-16)18-13/h7,9-10H,6,8H2,1-5H3. The fourth-order valence-corrected chi connectivity index (χ4v) is 2.81. The van der Waals surface area contributed by atoms with Gasteiger partial charge in [0.25, 0.3) is 0 Å². The van der Waals surface area contributed by atoms with Gasteiger partial charge >= 0.3 is 0 Å². The van der Waals surface area contributed by atoms with E-state index in [-0.39, 0.29) is 0 Å². The van der Waals surface area contributed by atoms with Gasteiger partial charge in [-0.1, -0.05) is 25.2 Å². The number of anilines is 1. The van der Waals surface area contributed by atoms with Gasteiger partial charge in [-0.2, -0.15) is 0 Å². The van der Waals surface area contributed by atoms with Crippen LogP contribution >= 0.6 is 11.3 Å². The molecule has 0 aromatic carbocycles. The van der Waals surface area contributed by atoms with Gasteiger partial charge in [0.15, 0.2) is 11.4 Å². The lowest BCUT2D eigenvalue weighted by atomic mass is 10.0. The van der Waals surface area contributed by atoms with Gasteiger partial charge in [-0.25, -0.2) is 4.98 Å². The van der Waals surface area contributed by atoms with E-state index in [0.29, 0.717) is 23.4 Å². The fourth-order valence-electron chi connectivity index (χ4n) is 1.86. The van der Waals surface area contributed by atoms with Crippen molar-refractivity contribution in [2.75, 3.05) is 19.1 Å². The SMILES string of the molecule is COCc1nc(N(C)C(C)CC(C)C)sc1C=O. The van der Waals surface area contributed by atoms with Crippen LogP contribution in [0.25, 0.3) is 0 Å². The molecule has 0 saturated carbocycles. The van der Waals surface area contributed by atoms with Gasteiger partial charge in [0.2, 0.25) is 0 Å². The minimum atomic E-state index is 0.386. The normalized spacial score (nSPS) is 12.8. The Bertz CT molecular complexity index is 390. The first-order valence-electron chi connectivity index (χ1n) is 6.16. The van der Waals surface area contributed by atoms with Crippen LogP contribution < -0.4 is 4.90 Å². The summed E-state index contributed by atoms with van der Waals surface area (Å²) in [4.78, 5) is 18.3. The molecule has 0 N–H and O–H groups in total. The predicted molar refractivity (Wildman–Crippen MR) is 75.5 cm³/mol. The molecule has 0 fully saturated rings. The molecule has 0 aliphatic rings. The monoisotopic (exact) mass is 270 g/mol. The molecule has 1 unspecified atom stereocenters. The zero-order valence-corrected chi connectivity index (χ0v) is 12.6. The molecule has 0 spiro atoms. The highest BCUT2D eigenvalue weighted by atomic mass is 32.1. The number of rotatable bonds is 7. The summed E-state index contributed by atoms with van der Waals surface area (Å²) in [5.41, 5.74) is 0.732. The molecule has 0 amide bonds. The smallest absolute Gasteiger partial charge is 0.186 e. The fraction of sp³-hybridized carbons (Fsp3) is 0.692. The maximum atomic E-state index is 11.0. The predicted octanol–water partition coefficient (Wildman–Crippen LogP) is 2.97. The van der Waals surface area contributed by atoms with Crippen molar-refractivity contribution in [3.8, 4) is 0 Å². The first-order chi connectivity index (χ1) is 8.49. The van der Waals surface area contributed by atoms with E-state index in [2.05, 4.69) is 30.7 Å². The van der Waals surface area contributed by atoms with E-state index in [0.717, 1.165) is 23.5 Å². The Morgan fingerprint density at radius 2 is 2.11 bits per heavy atom. The Balaban J connectivity index is 2.85. The first kappa shape index (κ1) is 15.1. The lowest BCUT2D eigenvalue weighted by Crippen LogP contribution is -2.29. The highest BCUT2D eigenvalue weighted by molar-refractivity contribution is 7.17. The van der Waals surface area contributed by atoms with Gasteiger partial charge in [0.05, 0.1) is 17.2 Å². The molecule has 102 valence electrons. The summed E-state index contributed by atoms with van der Waals surface area (Å²) in [6, 6.07) is 0.408. The number of carbonyl (C=O) groups is 1. The number of aldehydes is 1. The Labute approximate surface area is 113 Å². The minimum Gasteiger partial charge on any atom is -0.378 e.